The summed E-state index contributed by atoms with van der Waals surface area (Å²) in [6.07, 6.45) is 9.40. The third-order valence-corrected chi connectivity index (χ3v) is 3.68. The summed E-state index contributed by atoms with van der Waals surface area (Å²) in [5.41, 5.74) is 0. The number of hydrogen-bond acceptors (Lipinski definition) is 3. The second-order valence-electron chi connectivity index (χ2n) is 5.14. The molecule has 1 saturated carbocycles. The van der Waals surface area contributed by atoms with E-state index >= 15 is 0 Å². The molecule has 0 heterocycles. The first-order chi connectivity index (χ1) is 9.19. The molecule has 0 aromatic heterocycles. The normalized spacial score (nSPS) is 17.5. The van der Waals surface area contributed by atoms with E-state index in [4.69, 9.17) is 4.74 Å². The third-order valence-electron chi connectivity index (χ3n) is 3.68. The number of amides is 1. The van der Waals surface area contributed by atoms with Crippen molar-refractivity contribution >= 4 is 11.9 Å². The van der Waals surface area contributed by atoms with E-state index in [-0.39, 0.29) is 17.8 Å². The fourth-order valence-electron chi connectivity index (χ4n) is 2.51. The average molecular weight is 267 g/mol. The summed E-state index contributed by atoms with van der Waals surface area (Å²) in [4.78, 5) is 23.8. The van der Waals surface area contributed by atoms with E-state index in [0.717, 1.165) is 38.5 Å². The summed E-state index contributed by atoms with van der Waals surface area (Å²) in [5.74, 6) is -0.276. The molecule has 1 fully saturated rings. The summed E-state index contributed by atoms with van der Waals surface area (Å²) in [6, 6.07) is -0.514. The van der Waals surface area contributed by atoms with E-state index < -0.39 is 6.04 Å². The molecule has 0 spiro atoms. The highest BCUT2D eigenvalue weighted by atomic mass is 16.5. The van der Waals surface area contributed by atoms with E-state index in [1.807, 2.05) is 6.08 Å². The maximum Gasteiger partial charge on any atom is 0.328 e. The van der Waals surface area contributed by atoms with Crippen LogP contribution in [0.5, 0.6) is 0 Å². The Kier molecular flexibility index (Phi) is 7.23. The van der Waals surface area contributed by atoms with Gasteiger partial charge in [-0.15, -0.1) is 6.58 Å². The van der Waals surface area contributed by atoms with E-state index in [2.05, 4.69) is 11.9 Å². The summed E-state index contributed by atoms with van der Waals surface area (Å²) in [6.45, 7) is 3.65. The standard InChI is InChI=1S/C15H25NO3/c1-3-4-6-11-13(15(18)19-2)16-14(17)12-9-7-5-8-10-12/h3,12-13H,1,4-11H2,2H3,(H,16,17)/t13-/m0/s1. The van der Waals surface area contributed by atoms with Gasteiger partial charge in [0.25, 0.3) is 0 Å². The van der Waals surface area contributed by atoms with Crippen LogP contribution in [0.3, 0.4) is 0 Å². The Morgan fingerprint density at radius 2 is 2.05 bits per heavy atom. The number of rotatable bonds is 7. The Morgan fingerprint density at radius 1 is 1.37 bits per heavy atom. The number of carbonyl (C=O) groups excluding carboxylic acids is 2. The summed E-state index contributed by atoms with van der Waals surface area (Å²) >= 11 is 0. The van der Waals surface area contributed by atoms with Crippen LogP contribution >= 0.6 is 0 Å². The van der Waals surface area contributed by atoms with Gasteiger partial charge in [0.1, 0.15) is 6.04 Å². The van der Waals surface area contributed by atoms with E-state index in [1.165, 1.54) is 13.5 Å². The summed E-state index contributed by atoms with van der Waals surface area (Å²) < 4.78 is 4.75. The van der Waals surface area contributed by atoms with Gasteiger partial charge in [-0.25, -0.2) is 4.79 Å². The number of carbonyl (C=O) groups is 2. The first-order valence-corrected chi connectivity index (χ1v) is 7.18. The molecule has 108 valence electrons. The topological polar surface area (TPSA) is 55.4 Å². The smallest absolute Gasteiger partial charge is 0.328 e. The van der Waals surface area contributed by atoms with Crippen molar-refractivity contribution in [2.45, 2.75) is 57.4 Å². The first kappa shape index (κ1) is 15.7. The third kappa shape index (κ3) is 5.45. The van der Waals surface area contributed by atoms with Crippen molar-refractivity contribution in [3.8, 4) is 0 Å². The zero-order chi connectivity index (χ0) is 14.1. The van der Waals surface area contributed by atoms with Crippen LogP contribution in [0.1, 0.15) is 51.4 Å². The second kappa shape index (κ2) is 8.73. The van der Waals surface area contributed by atoms with Crippen LogP contribution in [0.15, 0.2) is 12.7 Å². The van der Waals surface area contributed by atoms with Crippen LogP contribution in [-0.4, -0.2) is 25.0 Å². The molecule has 0 aromatic rings. The predicted octanol–water partition coefficient (Wildman–Crippen LogP) is 2.58. The second-order valence-corrected chi connectivity index (χ2v) is 5.14. The number of nitrogens with one attached hydrogen (secondary N) is 1. The minimum atomic E-state index is -0.514. The number of hydrogen-bond donors (Lipinski definition) is 1. The lowest BCUT2D eigenvalue weighted by atomic mass is 9.88. The van der Waals surface area contributed by atoms with Crippen molar-refractivity contribution in [3.63, 3.8) is 0 Å². The summed E-state index contributed by atoms with van der Waals surface area (Å²) in [7, 11) is 1.36. The van der Waals surface area contributed by atoms with Gasteiger partial charge in [0.15, 0.2) is 0 Å². The van der Waals surface area contributed by atoms with Gasteiger partial charge in [0.05, 0.1) is 7.11 Å². The van der Waals surface area contributed by atoms with Crippen molar-refractivity contribution in [3.05, 3.63) is 12.7 Å². The van der Waals surface area contributed by atoms with Gasteiger partial charge in [-0.1, -0.05) is 25.3 Å². The van der Waals surface area contributed by atoms with Crippen LogP contribution in [0.4, 0.5) is 0 Å². The molecule has 0 saturated heterocycles. The lowest BCUT2D eigenvalue weighted by Gasteiger charge is -2.23. The van der Waals surface area contributed by atoms with E-state index in [1.54, 1.807) is 0 Å². The van der Waals surface area contributed by atoms with Crippen LogP contribution in [0, 0.1) is 5.92 Å². The largest absolute Gasteiger partial charge is 0.467 e. The highest BCUT2D eigenvalue weighted by Gasteiger charge is 2.26. The molecule has 19 heavy (non-hydrogen) atoms. The quantitative estimate of drug-likeness (QED) is 0.438. The van der Waals surface area contributed by atoms with E-state index in [9.17, 15) is 9.59 Å². The van der Waals surface area contributed by atoms with Crippen LogP contribution < -0.4 is 5.32 Å². The minimum Gasteiger partial charge on any atom is -0.467 e. The number of ether oxygens (including phenoxy) is 1. The molecular formula is C15H25NO3. The van der Waals surface area contributed by atoms with Gasteiger partial charge in [-0.3, -0.25) is 4.79 Å². The molecule has 4 heteroatoms. The Bertz CT molecular complexity index is 309. The Morgan fingerprint density at radius 3 is 2.63 bits per heavy atom. The predicted molar refractivity (Wildman–Crippen MR) is 74.6 cm³/mol. The molecule has 0 aromatic carbocycles. The van der Waals surface area contributed by atoms with Crippen molar-refractivity contribution in [2.24, 2.45) is 5.92 Å². The zero-order valence-electron chi connectivity index (χ0n) is 11.8. The van der Waals surface area contributed by atoms with E-state index in [0.29, 0.717) is 6.42 Å². The maximum atomic E-state index is 12.1. The summed E-state index contributed by atoms with van der Waals surface area (Å²) in [5, 5.41) is 2.85. The SMILES string of the molecule is C=CCCC[C@H](NC(=O)C1CCCCC1)C(=O)OC. The van der Waals surface area contributed by atoms with Crippen LogP contribution in [0.25, 0.3) is 0 Å². The molecule has 1 amide bonds. The number of allylic oxidation sites excluding steroid dienone is 1. The van der Waals surface area contributed by atoms with Gasteiger partial charge < -0.3 is 10.1 Å². The maximum absolute atomic E-state index is 12.1. The fourth-order valence-corrected chi connectivity index (χ4v) is 2.51. The molecule has 0 aliphatic heterocycles. The van der Waals surface area contributed by atoms with Crippen molar-refractivity contribution in [1.29, 1.82) is 0 Å². The molecular weight excluding hydrogens is 242 g/mol. The molecule has 1 rings (SSSR count). The zero-order valence-corrected chi connectivity index (χ0v) is 11.8. The van der Waals surface area contributed by atoms with Gasteiger partial charge in [-0.05, 0) is 32.1 Å². The van der Waals surface area contributed by atoms with Gasteiger partial charge in [0.2, 0.25) is 5.91 Å². The molecule has 1 atom stereocenters. The molecule has 1 N–H and O–H groups in total. The number of methoxy groups -OCH3 is 1. The molecule has 0 radical (unpaired) electrons. The lowest BCUT2D eigenvalue weighted by molar-refractivity contribution is -0.146. The molecule has 1 aliphatic carbocycles. The number of unbranched alkanes of at least 4 members (excludes halogenated alkanes) is 1. The average Bonchev–Trinajstić information content (AvgIpc) is 2.46. The van der Waals surface area contributed by atoms with Crippen molar-refractivity contribution in [2.75, 3.05) is 7.11 Å². The first-order valence-electron chi connectivity index (χ1n) is 7.18. The molecule has 1 aliphatic rings. The van der Waals surface area contributed by atoms with Gasteiger partial charge in [-0.2, -0.15) is 0 Å². The van der Waals surface area contributed by atoms with Crippen molar-refractivity contribution < 1.29 is 14.3 Å². The Labute approximate surface area is 115 Å². The highest BCUT2D eigenvalue weighted by Crippen LogP contribution is 2.23. The monoisotopic (exact) mass is 267 g/mol. The fraction of sp³-hybridized carbons (Fsp3) is 0.733. The molecule has 4 nitrogen and oxygen atoms in total. The Hall–Kier alpha value is -1.32. The highest BCUT2D eigenvalue weighted by molar-refractivity contribution is 5.85. The van der Waals surface area contributed by atoms with Gasteiger partial charge >= 0.3 is 5.97 Å². The number of esters is 1. The minimum absolute atomic E-state index is 0.00806. The van der Waals surface area contributed by atoms with Crippen LogP contribution in [-0.2, 0) is 14.3 Å². The van der Waals surface area contributed by atoms with Crippen LogP contribution in [0.2, 0.25) is 0 Å². The van der Waals surface area contributed by atoms with Crippen molar-refractivity contribution in [1.82, 2.24) is 5.32 Å². The Balaban J connectivity index is 2.47. The lowest BCUT2D eigenvalue weighted by Crippen LogP contribution is -2.44. The molecule has 0 unspecified atom stereocenters. The van der Waals surface area contributed by atoms with Gasteiger partial charge in [0, 0.05) is 5.92 Å². The molecule has 0 bridgehead atoms.